The number of carbonyl (C=O) groups is 1. The van der Waals surface area contributed by atoms with Crippen molar-refractivity contribution in [1.82, 2.24) is 14.9 Å². The summed E-state index contributed by atoms with van der Waals surface area (Å²) < 4.78 is 17.4. The second-order valence-corrected chi connectivity index (χ2v) is 9.68. The molecule has 8 nitrogen and oxygen atoms in total. The Balaban J connectivity index is 0.00000102. The Bertz CT molecular complexity index is 1190. The molecule has 0 amide bonds. The predicted molar refractivity (Wildman–Crippen MR) is 141 cm³/mol. The number of likely N-dealkylation sites (tertiary alicyclic amines) is 1. The lowest BCUT2D eigenvalue weighted by atomic mass is 9.97. The summed E-state index contributed by atoms with van der Waals surface area (Å²) >= 11 is 0. The standard InChI is InChI=1S/C28H33N3O3.CH2O2/c1-19-21(12-8-14-23(19)20-10-6-5-7-11-20)18-34-27-29-25(32-3)24(26(30-27)33-4)17-31-15-9-13-22-16-28(22,31)2;2-1-3/h5-8,10-12,14,22H,9,13,15-18H2,1-4H3;1H,(H,2,3). The number of methoxy groups -OCH3 is 2. The molecule has 1 aliphatic heterocycles. The Kier molecular flexibility index (Phi) is 8.28. The molecule has 2 atom stereocenters. The molecule has 1 N–H and O–H groups in total. The van der Waals surface area contributed by atoms with Crippen molar-refractivity contribution >= 4 is 6.47 Å². The van der Waals surface area contributed by atoms with E-state index in [0.717, 1.165) is 30.1 Å². The van der Waals surface area contributed by atoms with Crippen molar-refractivity contribution in [3.05, 3.63) is 65.2 Å². The van der Waals surface area contributed by atoms with Crippen molar-refractivity contribution < 1.29 is 24.1 Å². The molecular weight excluding hydrogens is 470 g/mol. The molecule has 1 saturated heterocycles. The van der Waals surface area contributed by atoms with Gasteiger partial charge in [-0.1, -0.05) is 48.5 Å². The van der Waals surface area contributed by atoms with Gasteiger partial charge < -0.3 is 19.3 Å². The van der Waals surface area contributed by atoms with E-state index in [9.17, 15) is 0 Å². The van der Waals surface area contributed by atoms with E-state index in [1.165, 1.54) is 36.0 Å². The van der Waals surface area contributed by atoms with Crippen LogP contribution in [0.3, 0.4) is 0 Å². The van der Waals surface area contributed by atoms with E-state index in [-0.39, 0.29) is 18.0 Å². The fraction of sp³-hybridized carbons (Fsp3) is 0.414. The number of benzene rings is 2. The van der Waals surface area contributed by atoms with E-state index in [0.29, 0.717) is 18.4 Å². The van der Waals surface area contributed by atoms with Crippen molar-refractivity contribution in [2.45, 2.75) is 51.8 Å². The Morgan fingerprint density at radius 1 is 1.08 bits per heavy atom. The molecule has 2 unspecified atom stereocenters. The number of carboxylic acid groups (broad SMARTS) is 1. The van der Waals surface area contributed by atoms with Crippen molar-refractivity contribution in [3.63, 3.8) is 0 Å². The maximum Gasteiger partial charge on any atom is 0.323 e. The Morgan fingerprint density at radius 3 is 2.41 bits per heavy atom. The fourth-order valence-corrected chi connectivity index (χ4v) is 5.35. The second kappa shape index (κ2) is 11.6. The molecule has 0 spiro atoms. The average molecular weight is 506 g/mol. The van der Waals surface area contributed by atoms with Crippen LogP contribution >= 0.6 is 0 Å². The third-order valence-electron chi connectivity index (χ3n) is 7.62. The topological polar surface area (TPSA) is 94.0 Å². The van der Waals surface area contributed by atoms with Gasteiger partial charge in [-0.3, -0.25) is 9.69 Å². The monoisotopic (exact) mass is 505 g/mol. The maximum absolute atomic E-state index is 8.36. The van der Waals surface area contributed by atoms with Gasteiger partial charge in [0.25, 0.3) is 6.47 Å². The van der Waals surface area contributed by atoms with Crippen LogP contribution < -0.4 is 14.2 Å². The number of rotatable bonds is 8. The van der Waals surface area contributed by atoms with Crippen molar-refractivity contribution in [3.8, 4) is 28.9 Å². The zero-order valence-corrected chi connectivity index (χ0v) is 21.9. The van der Waals surface area contributed by atoms with Crippen molar-refractivity contribution in [2.24, 2.45) is 5.92 Å². The Hall–Kier alpha value is -3.65. The van der Waals surface area contributed by atoms with E-state index in [1.54, 1.807) is 14.2 Å². The smallest absolute Gasteiger partial charge is 0.323 e. The highest BCUT2D eigenvalue weighted by molar-refractivity contribution is 5.68. The molecule has 196 valence electrons. The summed E-state index contributed by atoms with van der Waals surface area (Å²) in [5, 5.41) is 6.89. The third kappa shape index (κ3) is 5.69. The minimum Gasteiger partial charge on any atom is -0.483 e. The van der Waals surface area contributed by atoms with Crippen LogP contribution in [0.1, 0.15) is 42.9 Å². The molecule has 1 aliphatic carbocycles. The molecular formula is C29H35N3O5. The first-order chi connectivity index (χ1) is 17.9. The van der Waals surface area contributed by atoms with Crippen molar-refractivity contribution in [1.29, 1.82) is 0 Å². The third-order valence-corrected chi connectivity index (χ3v) is 7.62. The highest BCUT2D eigenvalue weighted by Gasteiger charge is 2.55. The largest absolute Gasteiger partial charge is 0.483 e. The summed E-state index contributed by atoms with van der Waals surface area (Å²) in [6.45, 7) is 6.40. The van der Waals surface area contributed by atoms with Gasteiger partial charge in [-0.15, -0.1) is 0 Å². The second-order valence-electron chi connectivity index (χ2n) is 9.68. The number of fused-ring (bicyclic) bond motifs is 1. The van der Waals surface area contributed by atoms with Crippen LogP contribution in [0.25, 0.3) is 11.1 Å². The molecule has 37 heavy (non-hydrogen) atoms. The van der Waals surface area contributed by atoms with E-state index >= 15 is 0 Å². The Morgan fingerprint density at radius 2 is 1.76 bits per heavy atom. The summed E-state index contributed by atoms with van der Waals surface area (Å²) in [5.74, 6) is 1.84. The zero-order valence-electron chi connectivity index (χ0n) is 21.9. The number of piperidine rings is 1. The van der Waals surface area contributed by atoms with Gasteiger partial charge in [-0.2, -0.15) is 9.97 Å². The molecule has 2 aromatic carbocycles. The molecule has 2 fully saturated rings. The van der Waals surface area contributed by atoms with Gasteiger partial charge in [0.15, 0.2) is 0 Å². The quantitative estimate of drug-likeness (QED) is 0.422. The van der Waals surface area contributed by atoms with E-state index < -0.39 is 0 Å². The Labute approximate surface area is 218 Å². The lowest BCUT2D eigenvalue weighted by Gasteiger charge is -2.34. The molecule has 8 heteroatoms. The summed E-state index contributed by atoms with van der Waals surface area (Å²) in [6, 6.07) is 16.9. The van der Waals surface area contributed by atoms with Crippen LogP contribution in [0.5, 0.6) is 17.8 Å². The molecule has 0 radical (unpaired) electrons. The number of nitrogens with zero attached hydrogens (tertiary/aromatic N) is 3. The summed E-state index contributed by atoms with van der Waals surface area (Å²) in [7, 11) is 3.28. The van der Waals surface area contributed by atoms with Gasteiger partial charge >= 0.3 is 6.01 Å². The highest BCUT2D eigenvalue weighted by Crippen LogP contribution is 2.54. The van der Waals surface area contributed by atoms with E-state index in [1.807, 2.05) is 6.07 Å². The maximum atomic E-state index is 8.36. The zero-order chi connectivity index (χ0) is 26.4. The normalized spacial score (nSPS) is 20.2. The molecule has 0 bridgehead atoms. The molecule has 2 heterocycles. The molecule has 3 aromatic rings. The molecule has 5 rings (SSSR count). The van der Waals surface area contributed by atoms with Gasteiger partial charge in [-0.25, -0.2) is 0 Å². The van der Waals surface area contributed by atoms with Crippen LogP contribution in [0.15, 0.2) is 48.5 Å². The predicted octanol–water partition coefficient (Wildman–Crippen LogP) is 5.12. The van der Waals surface area contributed by atoms with Crippen molar-refractivity contribution in [2.75, 3.05) is 20.8 Å². The van der Waals surface area contributed by atoms with Crippen LogP contribution in [0, 0.1) is 12.8 Å². The van der Waals surface area contributed by atoms with Gasteiger partial charge in [0, 0.05) is 12.1 Å². The number of hydrogen-bond donors (Lipinski definition) is 1. The summed E-state index contributed by atoms with van der Waals surface area (Å²) in [6.07, 6.45) is 3.82. The molecule has 1 aromatic heterocycles. The first kappa shape index (κ1) is 26.4. The van der Waals surface area contributed by atoms with Crippen LogP contribution in [0.4, 0.5) is 0 Å². The first-order valence-electron chi connectivity index (χ1n) is 12.5. The SMILES string of the molecule is COc1nc(OCc2cccc(-c3ccccc3)c2C)nc(OC)c1CN1CCCC2CC21C.O=CO. The van der Waals surface area contributed by atoms with Gasteiger partial charge in [0.2, 0.25) is 11.8 Å². The highest BCUT2D eigenvalue weighted by atomic mass is 16.5. The van der Waals surface area contributed by atoms with Gasteiger partial charge in [0.1, 0.15) is 6.61 Å². The first-order valence-corrected chi connectivity index (χ1v) is 12.5. The summed E-state index contributed by atoms with van der Waals surface area (Å²) in [4.78, 5) is 20.1. The molecule has 2 aliphatic rings. The number of hydrogen-bond acceptors (Lipinski definition) is 7. The van der Waals surface area contributed by atoms with Crippen LogP contribution in [-0.4, -0.2) is 52.7 Å². The number of ether oxygens (including phenoxy) is 3. The van der Waals surface area contributed by atoms with Gasteiger partial charge in [-0.05, 0) is 67.8 Å². The minimum atomic E-state index is -0.250. The lowest BCUT2D eigenvalue weighted by Crippen LogP contribution is -2.40. The van der Waals surface area contributed by atoms with Crippen LogP contribution in [-0.2, 0) is 17.9 Å². The summed E-state index contributed by atoms with van der Waals surface area (Å²) in [5.41, 5.74) is 5.82. The fourth-order valence-electron chi connectivity index (χ4n) is 5.35. The van der Waals surface area contributed by atoms with E-state index in [2.05, 4.69) is 71.2 Å². The minimum absolute atomic E-state index is 0.250. The average Bonchev–Trinajstić information content (AvgIpc) is 3.61. The number of aromatic nitrogens is 2. The van der Waals surface area contributed by atoms with E-state index in [4.69, 9.17) is 24.1 Å². The van der Waals surface area contributed by atoms with Crippen LogP contribution in [0.2, 0.25) is 0 Å². The van der Waals surface area contributed by atoms with Gasteiger partial charge in [0.05, 0.1) is 19.8 Å². The molecule has 1 saturated carbocycles. The lowest BCUT2D eigenvalue weighted by molar-refractivity contribution is -0.122.